The van der Waals surface area contributed by atoms with Crippen LogP contribution in [0.25, 0.3) is 23.1 Å². The molecule has 1 aliphatic rings. The molecule has 2 aromatic carbocycles. The van der Waals surface area contributed by atoms with Crippen LogP contribution in [0.2, 0.25) is 0 Å². The van der Waals surface area contributed by atoms with Crippen molar-refractivity contribution < 1.29 is 14.6 Å². The predicted octanol–water partition coefficient (Wildman–Crippen LogP) is 4.32. The van der Waals surface area contributed by atoms with Crippen molar-refractivity contribution in [3.63, 3.8) is 0 Å². The van der Waals surface area contributed by atoms with Crippen molar-refractivity contribution in [3.05, 3.63) is 106 Å². The van der Waals surface area contributed by atoms with Gasteiger partial charge in [0.05, 0.1) is 4.92 Å². The molecule has 5 heteroatoms. The molecule has 0 amide bonds. The second-order valence-corrected chi connectivity index (χ2v) is 5.92. The number of nitrogens with zero attached hydrogens (tertiary/aromatic N) is 2. The first-order chi connectivity index (χ1) is 12.6. The molecule has 1 aromatic heterocycles. The lowest BCUT2D eigenvalue weighted by atomic mass is 10.0. The Morgan fingerprint density at radius 1 is 0.923 bits per heavy atom. The first-order valence-corrected chi connectivity index (χ1v) is 8.12. The van der Waals surface area contributed by atoms with E-state index in [1.807, 2.05) is 65.4 Å². The Balaban J connectivity index is 1.88. The summed E-state index contributed by atoms with van der Waals surface area (Å²) in [6.45, 7) is 0. The lowest BCUT2D eigenvalue weighted by Crippen LogP contribution is -2.32. The molecular formula is C21H15N2O3+. The first kappa shape index (κ1) is 15.8. The van der Waals surface area contributed by atoms with Crippen molar-refractivity contribution in [1.29, 1.82) is 0 Å². The number of pyridine rings is 1. The van der Waals surface area contributed by atoms with Gasteiger partial charge >= 0.3 is 0 Å². The number of aliphatic hydroxyl groups is 1. The van der Waals surface area contributed by atoms with E-state index in [2.05, 4.69) is 0 Å². The number of hydrogen-bond acceptors (Lipinski definition) is 3. The zero-order chi connectivity index (χ0) is 18.1. The largest absolute Gasteiger partial charge is 0.502 e. The number of non-ortho nitro benzene ring substituents is 1. The third kappa shape index (κ3) is 2.65. The average molecular weight is 343 g/mol. The number of nitro groups is 1. The van der Waals surface area contributed by atoms with Gasteiger partial charge in [-0.2, -0.15) is 4.57 Å². The summed E-state index contributed by atoms with van der Waals surface area (Å²) in [5.41, 5.74) is 4.03. The van der Waals surface area contributed by atoms with E-state index >= 15 is 0 Å². The molecule has 0 spiro atoms. The SMILES string of the molecule is O=[N+]([O-])c1ccc(C=C2C(c3ccccc3)=C(O)c3cccc[n+]32)cc1. The standard InChI is InChI=1S/C21H14N2O3/c24-21-18-8-4-5-13-22(18)19(20(21)16-6-2-1-3-7-16)14-15-9-11-17(12-10-15)23(25)26/h1-14H/p+1. The Labute approximate surface area is 149 Å². The summed E-state index contributed by atoms with van der Waals surface area (Å²) in [6.07, 6.45) is 3.80. The Morgan fingerprint density at radius 2 is 1.62 bits per heavy atom. The van der Waals surface area contributed by atoms with Crippen LogP contribution >= 0.6 is 0 Å². The van der Waals surface area contributed by atoms with E-state index in [9.17, 15) is 15.2 Å². The number of allylic oxidation sites excluding steroid dienone is 2. The van der Waals surface area contributed by atoms with Crippen LogP contribution in [0.15, 0.2) is 79.0 Å². The third-order valence-corrected chi connectivity index (χ3v) is 4.32. The van der Waals surface area contributed by atoms with E-state index in [1.54, 1.807) is 12.1 Å². The van der Waals surface area contributed by atoms with Gasteiger partial charge in [0.2, 0.25) is 11.5 Å². The van der Waals surface area contributed by atoms with Crippen LogP contribution in [0.4, 0.5) is 5.69 Å². The first-order valence-electron chi connectivity index (χ1n) is 8.12. The summed E-state index contributed by atoms with van der Waals surface area (Å²) >= 11 is 0. The van der Waals surface area contributed by atoms with Crippen LogP contribution in [-0.2, 0) is 0 Å². The molecule has 0 radical (unpaired) electrons. The molecule has 0 aliphatic carbocycles. The quantitative estimate of drug-likeness (QED) is 0.437. The van der Waals surface area contributed by atoms with Crippen LogP contribution in [0, 0.1) is 10.1 Å². The van der Waals surface area contributed by atoms with Crippen molar-refractivity contribution in [2.75, 3.05) is 0 Å². The van der Waals surface area contributed by atoms with Crippen molar-refractivity contribution in [1.82, 2.24) is 0 Å². The van der Waals surface area contributed by atoms with Gasteiger partial charge in [0, 0.05) is 30.3 Å². The highest BCUT2D eigenvalue weighted by atomic mass is 16.6. The highest BCUT2D eigenvalue weighted by Gasteiger charge is 2.35. The minimum Gasteiger partial charge on any atom is -0.502 e. The van der Waals surface area contributed by atoms with Gasteiger partial charge in [0.1, 0.15) is 5.57 Å². The number of benzene rings is 2. The van der Waals surface area contributed by atoms with Crippen molar-refractivity contribution in [2.45, 2.75) is 0 Å². The van der Waals surface area contributed by atoms with Gasteiger partial charge in [-0.25, -0.2) is 0 Å². The van der Waals surface area contributed by atoms with Crippen molar-refractivity contribution >= 4 is 28.8 Å². The number of nitro benzene ring substituents is 1. The second kappa shape index (κ2) is 6.29. The van der Waals surface area contributed by atoms with Gasteiger partial charge in [0.25, 0.3) is 11.4 Å². The fourth-order valence-corrected chi connectivity index (χ4v) is 3.10. The molecule has 0 saturated heterocycles. The molecule has 5 nitrogen and oxygen atoms in total. The average Bonchev–Trinajstić information content (AvgIpc) is 2.95. The van der Waals surface area contributed by atoms with E-state index in [-0.39, 0.29) is 11.4 Å². The van der Waals surface area contributed by atoms with E-state index < -0.39 is 4.92 Å². The van der Waals surface area contributed by atoms with Gasteiger partial charge in [-0.05, 0) is 29.3 Å². The highest BCUT2D eigenvalue weighted by molar-refractivity contribution is 6.11. The van der Waals surface area contributed by atoms with Crippen molar-refractivity contribution in [3.8, 4) is 0 Å². The normalized spacial score (nSPS) is 14.5. The summed E-state index contributed by atoms with van der Waals surface area (Å²) in [4.78, 5) is 10.4. The number of aliphatic hydroxyl groups excluding tert-OH is 1. The topological polar surface area (TPSA) is 67.2 Å². The summed E-state index contributed by atoms with van der Waals surface area (Å²) in [5, 5.41) is 21.6. The zero-order valence-electron chi connectivity index (χ0n) is 13.7. The molecule has 0 unspecified atom stereocenters. The number of fused-ring (bicyclic) bond motifs is 1. The summed E-state index contributed by atoms with van der Waals surface area (Å²) in [6, 6.07) is 21.6. The molecule has 3 aromatic rings. The van der Waals surface area contributed by atoms with Crippen LogP contribution < -0.4 is 4.57 Å². The lowest BCUT2D eigenvalue weighted by molar-refractivity contribution is -0.576. The maximum atomic E-state index is 10.8. The molecule has 0 saturated carbocycles. The molecule has 1 aliphatic heterocycles. The molecule has 0 fully saturated rings. The minimum absolute atomic E-state index is 0.0493. The number of rotatable bonds is 3. The van der Waals surface area contributed by atoms with Gasteiger partial charge in [-0.3, -0.25) is 10.1 Å². The van der Waals surface area contributed by atoms with E-state index in [0.717, 1.165) is 22.4 Å². The molecular weight excluding hydrogens is 328 g/mol. The minimum atomic E-state index is -0.419. The molecule has 0 bridgehead atoms. The highest BCUT2D eigenvalue weighted by Crippen LogP contribution is 2.36. The van der Waals surface area contributed by atoms with Crippen LogP contribution in [0.3, 0.4) is 0 Å². The Hall–Kier alpha value is -3.73. The number of aromatic nitrogens is 1. The number of hydrogen-bond donors (Lipinski definition) is 1. The van der Waals surface area contributed by atoms with Crippen LogP contribution in [-0.4, -0.2) is 10.0 Å². The monoisotopic (exact) mass is 343 g/mol. The van der Waals surface area contributed by atoms with Crippen molar-refractivity contribution in [2.24, 2.45) is 0 Å². The summed E-state index contributed by atoms with van der Waals surface area (Å²) in [7, 11) is 0. The van der Waals surface area contributed by atoms with E-state index in [1.165, 1.54) is 12.1 Å². The Morgan fingerprint density at radius 3 is 2.31 bits per heavy atom. The van der Waals surface area contributed by atoms with Gasteiger partial charge in [-0.15, -0.1) is 0 Å². The molecule has 126 valence electrons. The Kier molecular flexibility index (Phi) is 3.82. The molecule has 0 atom stereocenters. The predicted molar refractivity (Wildman–Crippen MR) is 99.8 cm³/mol. The third-order valence-electron chi connectivity index (χ3n) is 4.32. The fourth-order valence-electron chi connectivity index (χ4n) is 3.10. The lowest BCUT2D eigenvalue weighted by Gasteiger charge is -2.02. The molecule has 26 heavy (non-hydrogen) atoms. The maximum Gasteiger partial charge on any atom is 0.269 e. The molecule has 1 N–H and O–H groups in total. The Bertz CT molecular complexity index is 1050. The van der Waals surface area contributed by atoms with Crippen LogP contribution in [0.1, 0.15) is 16.8 Å². The molecule has 4 rings (SSSR count). The zero-order valence-corrected chi connectivity index (χ0v) is 13.7. The van der Waals surface area contributed by atoms with Gasteiger partial charge < -0.3 is 5.11 Å². The fraction of sp³-hybridized carbons (Fsp3) is 0. The second-order valence-electron chi connectivity index (χ2n) is 5.92. The van der Waals surface area contributed by atoms with Gasteiger partial charge in [-0.1, -0.05) is 30.3 Å². The van der Waals surface area contributed by atoms with Gasteiger partial charge in [0.15, 0.2) is 6.20 Å². The smallest absolute Gasteiger partial charge is 0.269 e. The van der Waals surface area contributed by atoms with E-state index in [4.69, 9.17) is 0 Å². The maximum absolute atomic E-state index is 10.8. The summed E-state index contributed by atoms with van der Waals surface area (Å²) in [5.74, 6) is 0.213. The summed E-state index contributed by atoms with van der Waals surface area (Å²) < 4.78 is 1.92. The van der Waals surface area contributed by atoms with E-state index in [0.29, 0.717) is 5.69 Å². The van der Waals surface area contributed by atoms with Crippen LogP contribution in [0.5, 0.6) is 0 Å². The molecule has 2 heterocycles.